The second-order valence-electron chi connectivity index (χ2n) is 9.58. The van der Waals surface area contributed by atoms with Gasteiger partial charge in [-0.25, -0.2) is 0 Å². The van der Waals surface area contributed by atoms with E-state index >= 15 is 0 Å². The SMILES string of the molecule is COc1ccc2c3c(c4cc(OC)c(OC)cc4c2c1)CN1CCC[C@H]1[C@@H]3NCc1ccccc1. The first-order chi connectivity index (χ1) is 17.2. The fourth-order valence-electron chi connectivity index (χ4n) is 6.18. The summed E-state index contributed by atoms with van der Waals surface area (Å²) in [6.07, 6.45) is 2.45. The minimum absolute atomic E-state index is 0.245. The van der Waals surface area contributed by atoms with Crippen LogP contribution < -0.4 is 19.5 Å². The van der Waals surface area contributed by atoms with E-state index in [1.54, 1.807) is 21.3 Å². The summed E-state index contributed by atoms with van der Waals surface area (Å²) >= 11 is 0. The minimum atomic E-state index is 0.245. The number of hydrogen-bond donors (Lipinski definition) is 1. The Balaban J connectivity index is 1.61. The molecule has 2 aliphatic rings. The summed E-state index contributed by atoms with van der Waals surface area (Å²) in [5.41, 5.74) is 4.12. The standard InChI is InChI=1S/C30H32N2O3/c1-33-20-11-12-21-22(14-20)23-15-27(34-2)28(35-3)16-24(23)25-18-32-13-7-10-26(32)30(29(21)25)31-17-19-8-5-4-6-9-19/h4-6,8-9,11-12,14-16,26,30-31H,7,10,13,17-18H2,1-3H3/t26-,30-/m0/s1. The number of nitrogens with zero attached hydrogens (tertiary/aromatic N) is 1. The number of nitrogens with one attached hydrogen (secondary N) is 1. The lowest BCUT2D eigenvalue weighted by Crippen LogP contribution is -2.44. The maximum atomic E-state index is 5.73. The zero-order valence-corrected chi connectivity index (χ0v) is 20.6. The molecule has 1 saturated heterocycles. The summed E-state index contributed by atoms with van der Waals surface area (Å²) in [6, 6.07) is 22.2. The van der Waals surface area contributed by atoms with Crippen LogP contribution in [0.2, 0.25) is 0 Å². The number of fused-ring (bicyclic) bond motifs is 7. The first-order valence-corrected chi connectivity index (χ1v) is 12.4. The Morgan fingerprint density at radius 2 is 1.57 bits per heavy atom. The average Bonchev–Trinajstić information content (AvgIpc) is 3.39. The molecular weight excluding hydrogens is 436 g/mol. The molecule has 6 rings (SSSR count). The molecule has 5 nitrogen and oxygen atoms in total. The van der Waals surface area contributed by atoms with E-state index in [1.807, 2.05) is 0 Å². The lowest BCUT2D eigenvalue weighted by molar-refractivity contribution is 0.179. The van der Waals surface area contributed by atoms with Gasteiger partial charge in [-0.05, 0) is 81.9 Å². The Morgan fingerprint density at radius 3 is 2.31 bits per heavy atom. The predicted molar refractivity (Wildman–Crippen MR) is 141 cm³/mol. The summed E-state index contributed by atoms with van der Waals surface area (Å²) in [6.45, 7) is 2.94. The van der Waals surface area contributed by atoms with Gasteiger partial charge in [-0.1, -0.05) is 36.4 Å². The van der Waals surface area contributed by atoms with Crippen molar-refractivity contribution in [2.45, 2.75) is 38.0 Å². The Kier molecular flexibility index (Phi) is 5.75. The highest BCUT2D eigenvalue weighted by Crippen LogP contribution is 2.47. The van der Waals surface area contributed by atoms with Crippen molar-refractivity contribution in [2.75, 3.05) is 27.9 Å². The van der Waals surface area contributed by atoms with Crippen molar-refractivity contribution in [1.29, 1.82) is 0 Å². The lowest BCUT2D eigenvalue weighted by Gasteiger charge is -2.40. The third kappa shape index (κ3) is 3.70. The predicted octanol–water partition coefficient (Wildman–Crippen LogP) is 5.83. The number of benzene rings is 4. The third-order valence-corrected chi connectivity index (χ3v) is 7.82. The molecule has 4 aromatic carbocycles. The van der Waals surface area contributed by atoms with Crippen molar-refractivity contribution in [3.63, 3.8) is 0 Å². The monoisotopic (exact) mass is 468 g/mol. The largest absolute Gasteiger partial charge is 0.497 e. The second-order valence-corrected chi connectivity index (χ2v) is 9.58. The van der Waals surface area contributed by atoms with Crippen molar-refractivity contribution < 1.29 is 14.2 Å². The fraction of sp³-hybridized carbons (Fsp3) is 0.333. The van der Waals surface area contributed by atoms with Crippen molar-refractivity contribution in [1.82, 2.24) is 10.2 Å². The molecule has 35 heavy (non-hydrogen) atoms. The Bertz CT molecular complexity index is 1390. The number of hydrogen-bond acceptors (Lipinski definition) is 5. The molecule has 4 aromatic rings. The summed E-state index contributed by atoms with van der Waals surface area (Å²) in [5.74, 6) is 2.38. The molecule has 0 aromatic heterocycles. The van der Waals surface area contributed by atoms with Gasteiger partial charge < -0.3 is 19.5 Å². The minimum Gasteiger partial charge on any atom is -0.497 e. The van der Waals surface area contributed by atoms with Crippen LogP contribution in [0.15, 0.2) is 60.7 Å². The van der Waals surface area contributed by atoms with Gasteiger partial charge in [-0.2, -0.15) is 0 Å². The van der Waals surface area contributed by atoms with Crippen molar-refractivity contribution in [3.8, 4) is 17.2 Å². The summed E-state index contributed by atoms with van der Waals surface area (Å²) < 4.78 is 17.1. The number of ether oxygens (including phenoxy) is 3. The van der Waals surface area contributed by atoms with E-state index in [-0.39, 0.29) is 6.04 Å². The van der Waals surface area contributed by atoms with Crippen LogP contribution in [0.5, 0.6) is 17.2 Å². The van der Waals surface area contributed by atoms with Crippen LogP contribution in [0.3, 0.4) is 0 Å². The molecule has 0 bridgehead atoms. The van der Waals surface area contributed by atoms with Crippen LogP contribution in [0, 0.1) is 0 Å². The number of rotatable bonds is 6. The van der Waals surface area contributed by atoms with Crippen LogP contribution in [0.25, 0.3) is 21.5 Å². The third-order valence-electron chi connectivity index (χ3n) is 7.82. The molecule has 0 aliphatic carbocycles. The van der Waals surface area contributed by atoms with E-state index in [2.05, 4.69) is 70.9 Å². The molecule has 2 atom stereocenters. The smallest absolute Gasteiger partial charge is 0.161 e. The highest BCUT2D eigenvalue weighted by atomic mass is 16.5. The van der Waals surface area contributed by atoms with Crippen LogP contribution in [0.1, 0.15) is 35.6 Å². The molecular formula is C30H32N2O3. The van der Waals surface area contributed by atoms with Crippen LogP contribution >= 0.6 is 0 Å². The van der Waals surface area contributed by atoms with Crippen molar-refractivity contribution >= 4 is 21.5 Å². The second kappa shape index (κ2) is 9.06. The fourth-order valence-corrected chi connectivity index (χ4v) is 6.18. The molecule has 1 N–H and O–H groups in total. The molecule has 0 radical (unpaired) electrons. The van der Waals surface area contributed by atoms with Crippen LogP contribution in [-0.2, 0) is 13.1 Å². The van der Waals surface area contributed by atoms with E-state index in [0.29, 0.717) is 6.04 Å². The Labute approximate surface area is 206 Å². The molecule has 0 amide bonds. The van der Waals surface area contributed by atoms with Crippen molar-refractivity contribution in [3.05, 3.63) is 77.4 Å². The van der Waals surface area contributed by atoms with E-state index in [1.165, 1.54) is 51.1 Å². The van der Waals surface area contributed by atoms with Gasteiger partial charge >= 0.3 is 0 Å². The molecule has 0 saturated carbocycles. The quantitative estimate of drug-likeness (QED) is 0.361. The van der Waals surface area contributed by atoms with Crippen LogP contribution in [0.4, 0.5) is 0 Å². The lowest BCUT2D eigenvalue weighted by atomic mass is 9.82. The highest BCUT2D eigenvalue weighted by molar-refractivity contribution is 6.12. The average molecular weight is 469 g/mol. The van der Waals surface area contributed by atoms with E-state index in [9.17, 15) is 0 Å². The molecule has 1 fully saturated rings. The Hall–Kier alpha value is -3.28. The number of methoxy groups -OCH3 is 3. The summed E-state index contributed by atoms with van der Waals surface area (Å²) in [5, 5.41) is 8.86. The highest BCUT2D eigenvalue weighted by Gasteiger charge is 2.39. The van der Waals surface area contributed by atoms with Gasteiger partial charge in [0.1, 0.15) is 5.75 Å². The molecule has 2 aliphatic heterocycles. The topological polar surface area (TPSA) is 43.0 Å². The van der Waals surface area contributed by atoms with Crippen LogP contribution in [-0.4, -0.2) is 38.8 Å². The van der Waals surface area contributed by atoms with Gasteiger partial charge in [-0.15, -0.1) is 0 Å². The molecule has 0 spiro atoms. The van der Waals surface area contributed by atoms with E-state index in [4.69, 9.17) is 14.2 Å². The molecule has 180 valence electrons. The zero-order chi connectivity index (χ0) is 23.9. The van der Waals surface area contributed by atoms with E-state index in [0.717, 1.165) is 36.9 Å². The maximum absolute atomic E-state index is 5.73. The normalized spacial score (nSPS) is 19.5. The van der Waals surface area contributed by atoms with Crippen molar-refractivity contribution in [2.24, 2.45) is 0 Å². The van der Waals surface area contributed by atoms with Gasteiger partial charge in [0.2, 0.25) is 0 Å². The van der Waals surface area contributed by atoms with Gasteiger partial charge in [0.25, 0.3) is 0 Å². The van der Waals surface area contributed by atoms with E-state index < -0.39 is 0 Å². The van der Waals surface area contributed by atoms with Gasteiger partial charge in [0.15, 0.2) is 11.5 Å². The summed E-state index contributed by atoms with van der Waals surface area (Å²) in [4.78, 5) is 2.66. The van der Waals surface area contributed by atoms with Gasteiger partial charge in [0, 0.05) is 25.2 Å². The van der Waals surface area contributed by atoms with Gasteiger partial charge in [0.05, 0.1) is 21.3 Å². The summed E-state index contributed by atoms with van der Waals surface area (Å²) in [7, 11) is 5.14. The maximum Gasteiger partial charge on any atom is 0.161 e. The molecule has 2 heterocycles. The molecule has 0 unspecified atom stereocenters. The zero-order valence-electron chi connectivity index (χ0n) is 20.6. The Morgan fingerprint density at radius 1 is 0.829 bits per heavy atom. The first kappa shape index (κ1) is 22.2. The first-order valence-electron chi connectivity index (χ1n) is 12.4. The molecule has 5 heteroatoms. The van der Waals surface area contributed by atoms with Gasteiger partial charge in [-0.3, -0.25) is 4.90 Å².